The molecule has 2 heterocycles. The normalized spacial score (nSPS) is 17.7. The first-order chi connectivity index (χ1) is 13.4. The zero-order valence-electron chi connectivity index (χ0n) is 16.1. The fourth-order valence-corrected chi connectivity index (χ4v) is 4.49. The first-order valence-electron chi connectivity index (χ1n) is 9.57. The summed E-state index contributed by atoms with van der Waals surface area (Å²) in [4.78, 5) is 2.31. The van der Waals surface area contributed by atoms with E-state index in [4.69, 9.17) is 23.2 Å². The van der Waals surface area contributed by atoms with Crippen LogP contribution < -0.4 is 4.90 Å². The van der Waals surface area contributed by atoms with Gasteiger partial charge in [-0.05, 0) is 60.0 Å². The highest BCUT2D eigenvalue weighted by Crippen LogP contribution is 2.50. The maximum Gasteiger partial charge on any atom is 0.0484 e. The number of nitrogens with zero attached hydrogens (tertiary/aromatic N) is 2. The average molecular weight is 415 g/mol. The van der Waals surface area contributed by atoms with E-state index in [1.54, 1.807) is 0 Å². The zero-order chi connectivity index (χ0) is 19.9. The van der Waals surface area contributed by atoms with Crippen LogP contribution in [-0.2, 0) is 5.41 Å². The monoisotopic (exact) mass is 414 g/mol. The van der Waals surface area contributed by atoms with E-state index < -0.39 is 0 Å². The number of rotatable bonds is 3. The van der Waals surface area contributed by atoms with Gasteiger partial charge in [-0.1, -0.05) is 49.2 Å². The van der Waals surface area contributed by atoms with Gasteiger partial charge in [0.05, 0.1) is 0 Å². The number of hydrogen-bond acceptors (Lipinski definition) is 3. The highest BCUT2D eigenvalue weighted by molar-refractivity contribution is 6.31. The minimum Gasteiger partial charge on any atom is -0.341 e. The van der Waals surface area contributed by atoms with E-state index in [1.807, 2.05) is 24.3 Å². The molecule has 0 unspecified atom stereocenters. The molecule has 0 saturated heterocycles. The Morgan fingerprint density at radius 3 is 2.21 bits per heavy atom. The molecule has 0 atom stereocenters. The van der Waals surface area contributed by atoms with Gasteiger partial charge in [-0.15, -0.1) is 0 Å². The summed E-state index contributed by atoms with van der Waals surface area (Å²) in [5, 5.41) is 13.1. The van der Waals surface area contributed by atoms with Gasteiger partial charge in [0.1, 0.15) is 0 Å². The maximum absolute atomic E-state index is 10.3. The summed E-state index contributed by atoms with van der Waals surface area (Å²) in [6.45, 7) is 5.79. The van der Waals surface area contributed by atoms with Crippen LogP contribution >= 0.6 is 23.2 Å². The van der Waals surface area contributed by atoms with Gasteiger partial charge < -0.3 is 4.90 Å². The number of allylic oxidation sites excluding steroid dienone is 2. The molecule has 1 N–H and O–H groups in total. The molecule has 0 amide bonds. The summed E-state index contributed by atoms with van der Waals surface area (Å²) in [5.41, 5.74) is 5.39. The van der Waals surface area contributed by atoms with Gasteiger partial charge in [0, 0.05) is 52.0 Å². The molecule has 28 heavy (non-hydrogen) atoms. The number of anilines is 2. The van der Waals surface area contributed by atoms with Crippen molar-refractivity contribution in [3.8, 4) is 0 Å². The Labute approximate surface area is 176 Å². The van der Waals surface area contributed by atoms with Crippen molar-refractivity contribution in [2.45, 2.75) is 32.1 Å². The van der Waals surface area contributed by atoms with Gasteiger partial charge in [0.25, 0.3) is 0 Å². The van der Waals surface area contributed by atoms with Crippen LogP contribution in [0.25, 0.3) is 0 Å². The number of halogens is 2. The van der Waals surface area contributed by atoms with Crippen molar-refractivity contribution in [2.24, 2.45) is 0 Å². The lowest BCUT2D eigenvalue weighted by molar-refractivity contribution is -0.0559. The van der Waals surface area contributed by atoms with Crippen LogP contribution in [-0.4, -0.2) is 23.4 Å². The molecule has 2 aliphatic heterocycles. The van der Waals surface area contributed by atoms with E-state index in [0.29, 0.717) is 6.54 Å². The summed E-state index contributed by atoms with van der Waals surface area (Å²) in [6, 6.07) is 12.2. The van der Waals surface area contributed by atoms with Crippen LogP contribution in [0.4, 0.5) is 11.4 Å². The molecule has 0 aromatic heterocycles. The van der Waals surface area contributed by atoms with Gasteiger partial charge in [0.15, 0.2) is 0 Å². The molecule has 0 fully saturated rings. The molecule has 5 heteroatoms. The lowest BCUT2D eigenvalue weighted by Crippen LogP contribution is -2.34. The lowest BCUT2D eigenvalue weighted by Gasteiger charge is -2.42. The van der Waals surface area contributed by atoms with Gasteiger partial charge >= 0.3 is 0 Å². The molecular weight excluding hydrogens is 391 g/mol. The molecule has 2 aromatic rings. The number of fused-ring (bicyclic) bond motifs is 2. The summed E-state index contributed by atoms with van der Waals surface area (Å²) >= 11 is 12.7. The Kier molecular flexibility index (Phi) is 5.17. The largest absolute Gasteiger partial charge is 0.341 e. The van der Waals surface area contributed by atoms with Gasteiger partial charge in [-0.2, -0.15) is 0 Å². The van der Waals surface area contributed by atoms with E-state index in [-0.39, 0.29) is 5.41 Å². The highest BCUT2D eigenvalue weighted by Gasteiger charge is 2.36. The Morgan fingerprint density at radius 1 is 1.00 bits per heavy atom. The standard InChI is InChI=1S/C23H24Cl2N2O/c1-23(2)19-14-16(24)7-9-21(19)26(22-10-8-17(25)15-20(22)23)13-11-18-6-4-3-5-12-27(18)28/h3-4,6-10,14-15,28H,5,11-13H2,1-2H3. The molecule has 0 radical (unpaired) electrons. The third kappa shape index (κ3) is 3.43. The summed E-state index contributed by atoms with van der Waals surface area (Å²) < 4.78 is 0. The number of hydroxylamine groups is 2. The summed E-state index contributed by atoms with van der Waals surface area (Å²) in [7, 11) is 0. The van der Waals surface area contributed by atoms with Crippen molar-refractivity contribution in [2.75, 3.05) is 18.0 Å². The second-order valence-electron chi connectivity index (χ2n) is 7.85. The van der Waals surface area contributed by atoms with Crippen LogP contribution in [0.15, 0.2) is 60.3 Å². The van der Waals surface area contributed by atoms with Crippen LogP contribution in [0.3, 0.4) is 0 Å². The number of benzene rings is 2. The molecule has 0 bridgehead atoms. The van der Waals surface area contributed by atoms with Crippen LogP contribution in [0.1, 0.15) is 37.8 Å². The third-order valence-electron chi connectivity index (χ3n) is 5.70. The quantitative estimate of drug-likeness (QED) is 0.605. The van der Waals surface area contributed by atoms with E-state index in [2.05, 4.69) is 49.1 Å². The van der Waals surface area contributed by atoms with E-state index in [1.165, 1.54) is 16.2 Å². The molecule has 0 spiro atoms. The van der Waals surface area contributed by atoms with E-state index in [0.717, 1.165) is 46.5 Å². The minimum atomic E-state index is -0.204. The fraction of sp³-hybridized carbons (Fsp3) is 0.304. The van der Waals surface area contributed by atoms with E-state index in [9.17, 15) is 5.21 Å². The second-order valence-corrected chi connectivity index (χ2v) is 8.72. The maximum atomic E-state index is 10.3. The number of hydrogen-bond donors (Lipinski definition) is 1. The zero-order valence-corrected chi connectivity index (χ0v) is 17.6. The predicted molar refractivity (Wildman–Crippen MR) is 117 cm³/mol. The van der Waals surface area contributed by atoms with Crippen molar-refractivity contribution in [3.63, 3.8) is 0 Å². The van der Waals surface area contributed by atoms with Crippen molar-refractivity contribution in [1.29, 1.82) is 0 Å². The Hall–Kier alpha value is -1.94. The molecule has 2 aliphatic rings. The molecular formula is C23H24Cl2N2O. The molecule has 4 rings (SSSR count). The Bertz CT molecular complexity index is 910. The lowest BCUT2D eigenvalue weighted by atomic mass is 9.73. The molecule has 3 nitrogen and oxygen atoms in total. The van der Waals surface area contributed by atoms with Crippen molar-refractivity contribution >= 4 is 34.6 Å². The smallest absolute Gasteiger partial charge is 0.0484 e. The first kappa shape index (κ1) is 19.4. The Morgan fingerprint density at radius 2 is 1.61 bits per heavy atom. The molecule has 2 aromatic carbocycles. The van der Waals surface area contributed by atoms with Crippen molar-refractivity contribution in [1.82, 2.24) is 5.06 Å². The average Bonchev–Trinajstić information content (AvgIpc) is 2.87. The summed E-state index contributed by atoms with van der Waals surface area (Å²) in [5.74, 6) is 0. The second kappa shape index (κ2) is 7.47. The van der Waals surface area contributed by atoms with Crippen molar-refractivity contribution < 1.29 is 5.21 Å². The van der Waals surface area contributed by atoms with Gasteiger partial charge in [-0.3, -0.25) is 10.3 Å². The van der Waals surface area contributed by atoms with E-state index >= 15 is 0 Å². The topological polar surface area (TPSA) is 26.7 Å². The molecule has 146 valence electrons. The van der Waals surface area contributed by atoms with Crippen molar-refractivity contribution in [3.05, 3.63) is 81.5 Å². The SMILES string of the molecule is CC1(C)c2cc(Cl)ccc2N(CCC2=CC=CCCN2O)c2ccc(Cl)cc21. The van der Waals surface area contributed by atoms with Gasteiger partial charge in [-0.25, -0.2) is 0 Å². The minimum absolute atomic E-state index is 0.204. The Balaban J connectivity index is 1.75. The summed E-state index contributed by atoms with van der Waals surface area (Å²) in [6.07, 6.45) is 7.66. The van der Waals surface area contributed by atoms with Crippen LogP contribution in [0.5, 0.6) is 0 Å². The molecule has 0 aliphatic carbocycles. The predicted octanol–water partition coefficient (Wildman–Crippen LogP) is 6.70. The molecule has 0 saturated carbocycles. The van der Waals surface area contributed by atoms with Crippen LogP contribution in [0, 0.1) is 0 Å². The van der Waals surface area contributed by atoms with Crippen LogP contribution in [0.2, 0.25) is 10.0 Å². The first-order valence-corrected chi connectivity index (χ1v) is 10.3. The third-order valence-corrected chi connectivity index (χ3v) is 6.17. The fourth-order valence-electron chi connectivity index (χ4n) is 4.14. The highest BCUT2D eigenvalue weighted by atomic mass is 35.5. The van der Waals surface area contributed by atoms with Gasteiger partial charge in [0.2, 0.25) is 0 Å².